The highest BCUT2D eigenvalue weighted by atomic mass is 32.2. The molecule has 4 atom stereocenters. The fourth-order valence-electron chi connectivity index (χ4n) is 4.24. The predicted molar refractivity (Wildman–Crippen MR) is 127 cm³/mol. The summed E-state index contributed by atoms with van der Waals surface area (Å²) in [6, 6.07) is 6.51. The Morgan fingerprint density at radius 3 is 2.75 bits per heavy atom. The van der Waals surface area contributed by atoms with E-state index in [2.05, 4.69) is 49.6 Å². The van der Waals surface area contributed by atoms with Crippen molar-refractivity contribution < 1.29 is 13.2 Å². The van der Waals surface area contributed by atoms with Crippen LogP contribution >= 0.6 is 0 Å². The van der Waals surface area contributed by atoms with Crippen LogP contribution in [0.5, 0.6) is 0 Å². The van der Waals surface area contributed by atoms with Crippen LogP contribution in [0, 0.1) is 0 Å². The van der Waals surface area contributed by atoms with Crippen molar-refractivity contribution in [3.63, 3.8) is 0 Å². The maximum atomic E-state index is 12.6. The Balaban J connectivity index is 1.47. The Hall–Kier alpha value is -1.76. The lowest BCUT2D eigenvalue weighted by Gasteiger charge is -2.36. The third-order valence-corrected chi connectivity index (χ3v) is 6.44. The number of anilines is 1. The van der Waals surface area contributed by atoms with Crippen molar-refractivity contribution in [1.82, 2.24) is 31.3 Å². The number of rotatable bonds is 9. The second-order valence-electron chi connectivity index (χ2n) is 8.73. The van der Waals surface area contributed by atoms with Crippen LogP contribution in [-0.4, -0.2) is 58.3 Å². The van der Waals surface area contributed by atoms with E-state index < -0.39 is 16.3 Å². The molecule has 1 fully saturated rings. The molecular formula is C21H37N7O3S. The minimum Gasteiger partial charge on any atom is -0.310 e. The van der Waals surface area contributed by atoms with Crippen molar-refractivity contribution in [3.8, 4) is 0 Å². The summed E-state index contributed by atoms with van der Waals surface area (Å²) in [5.74, 6) is 0. The SMILES string of the molecule is CCCC1Cc2ccc(NC(=O)NC3NC(C)CC(NCCNS(C)(=O)=O)N3)cc2CN1. The third-order valence-electron chi connectivity index (χ3n) is 5.71. The molecule has 7 N–H and O–H groups in total. The number of carbonyl (C=O) groups is 1. The maximum Gasteiger partial charge on any atom is 0.321 e. The summed E-state index contributed by atoms with van der Waals surface area (Å²) in [6.07, 6.45) is 4.84. The van der Waals surface area contributed by atoms with E-state index in [4.69, 9.17) is 0 Å². The van der Waals surface area contributed by atoms with Crippen molar-refractivity contribution >= 4 is 21.7 Å². The average Bonchev–Trinajstić information content (AvgIpc) is 2.70. The van der Waals surface area contributed by atoms with Gasteiger partial charge >= 0.3 is 6.03 Å². The van der Waals surface area contributed by atoms with Crippen LogP contribution in [0.2, 0.25) is 0 Å². The van der Waals surface area contributed by atoms with Gasteiger partial charge in [0.1, 0.15) is 6.29 Å². The first-order chi connectivity index (χ1) is 15.2. The number of fused-ring (bicyclic) bond motifs is 1. The van der Waals surface area contributed by atoms with Crippen LogP contribution in [0.1, 0.15) is 44.2 Å². The number of amides is 2. The minimum absolute atomic E-state index is 0.0520. The number of hydrogen-bond donors (Lipinski definition) is 7. The monoisotopic (exact) mass is 467 g/mol. The van der Waals surface area contributed by atoms with Crippen LogP contribution < -0.4 is 36.6 Å². The average molecular weight is 468 g/mol. The van der Waals surface area contributed by atoms with E-state index in [1.807, 2.05) is 19.1 Å². The van der Waals surface area contributed by atoms with Gasteiger partial charge in [0, 0.05) is 37.4 Å². The van der Waals surface area contributed by atoms with Gasteiger partial charge in [0.25, 0.3) is 0 Å². The Bertz CT molecular complexity index is 880. The summed E-state index contributed by atoms with van der Waals surface area (Å²) >= 11 is 0. The summed E-state index contributed by atoms with van der Waals surface area (Å²) < 4.78 is 24.8. The van der Waals surface area contributed by atoms with Gasteiger partial charge in [-0.3, -0.25) is 10.6 Å². The Labute approximate surface area is 191 Å². The van der Waals surface area contributed by atoms with E-state index >= 15 is 0 Å². The summed E-state index contributed by atoms with van der Waals surface area (Å²) in [4.78, 5) is 12.6. The van der Waals surface area contributed by atoms with Gasteiger partial charge in [0.05, 0.1) is 12.4 Å². The first-order valence-electron chi connectivity index (χ1n) is 11.3. The summed E-state index contributed by atoms with van der Waals surface area (Å²) in [6.45, 7) is 5.86. The van der Waals surface area contributed by atoms with Gasteiger partial charge in [-0.1, -0.05) is 19.4 Å². The van der Waals surface area contributed by atoms with Crippen LogP contribution in [-0.2, 0) is 23.0 Å². The molecule has 1 saturated heterocycles. The number of sulfonamides is 1. The van der Waals surface area contributed by atoms with Gasteiger partial charge in [-0.05, 0) is 49.4 Å². The molecular weight excluding hydrogens is 430 g/mol. The topological polar surface area (TPSA) is 135 Å². The molecule has 32 heavy (non-hydrogen) atoms. The summed E-state index contributed by atoms with van der Waals surface area (Å²) in [5.41, 5.74) is 3.34. The molecule has 0 aromatic heterocycles. The maximum absolute atomic E-state index is 12.6. The van der Waals surface area contributed by atoms with Crippen LogP contribution in [0.25, 0.3) is 0 Å². The highest BCUT2D eigenvalue weighted by molar-refractivity contribution is 7.88. The predicted octanol–water partition coefficient (Wildman–Crippen LogP) is 0.342. The molecule has 1 aromatic rings. The minimum atomic E-state index is -3.20. The van der Waals surface area contributed by atoms with Crippen molar-refractivity contribution in [2.45, 2.75) is 70.6 Å². The number of benzene rings is 1. The van der Waals surface area contributed by atoms with Crippen LogP contribution in [0.3, 0.4) is 0 Å². The zero-order valence-corrected chi connectivity index (χ0v) is 19.9. The van der Waals surface area contributed by atoms with E-state index in [9.17, 15) is 13.2 Å². The number of hydrogen-bond acceptors (Lipinski definition) is 7. The van der Waals surface area contributed by atoms with Gasteiger partial charge in [-0.25, -0.2) is 17.9 Å². The third kappa shape index (κ3) is 7.98. The van der Waals surface area contributed by atoms with Gasteiger partial charge < -0.3 is 21.3 Å². The van der Waals surface area contributed by atoms with E-state index in [1.165, 1.54) is 24.0 Å². The van der Waals surface area contributed by atoms with Crippen molar-refractivity contribution in [3.05, 3.63) is 29.3 Å². The van der Waals surface area contributed by atoms with E-state index in [0.29, 0.717) is 19.1 Å². The van der Waals surface area contributed by atoms with Gasteiger partial charge in [0.2, 0.25) is 10.0 Å². The smallest absolute Gasteiger partial charge is 0.310 e. The summed E-state index contributed by atoms with van der Waals surface area (Å²) in [7, 11) is -3.20. The molecule has 2 heterocycles. The van der Waals surface area contributed by atoms with Gasteiger partial charge in [-0.2, -0.15) is 0 Å². The normalized spacial score (nSPS) is 25.7. The molecule has 10 nitrogen and oxygen atoms in total. The highest BCUT2D eigenvalue weighted by Crippen LogP contribution is 2.22. The lowest BCUT2D eigenvalue weighted by molar-refractivity contribution is 0.194. The largest absolute Gasteiger partial charge is 0.321 e. The molecule has 0 aliphatic carbocycles. The fourth-order valence-corrected chi connectivity index (χ4v) is 4.71. The van der Waals surface area contributed by atoms with Crippen molar-refractivity contribution in [1.29, 1.82) is 0 Å². The number of nitrogens with one attached hydrogen (secondary N) is 7. The lowest BCUT2D eigenvalue weighted by Crippen LogP contribution is -2.68. The van der Waals surface area contributed by atoms with E-state index in [0.717, 1.165) is 31.3 Å². The molecule has 11 heteroatoms. The number of urea groups is 1. The molecule has 2 amide bonds. The van der Waals surface area contributed by atoms with E-state index in [-0.39, 0.29) is 18.2 Å². The molecule has 2 aliphatic rings. The second-order valence-corrected chi connectivity index (χ2v) is 10.6. The molecule has 0 bridgehead atoms. The van der Waals surface area contributed by atoms with Crippen molar-refractivity contribution in [2.75, 3.05) is 24.7 Å². The molecule has 0 saturated carbocycles. The second kappa shape index (κ2) is 11.4. The quantitative estimate of drug-likeness (QED) is 0.260. The lowest BCUT2D eigenvalue weighted by atomic mass is 9.93. The molecule has 0 spiro atoms. The van der Waals surface area contributed by atoms with Crippen molar-refractivity contribution in [2.24, 2.45) is 0 Å². The first-order valence-corrected chi connectivity index (χ1v) is 13.2. The Morgan fingerprint density at radius 1 is 1.19 bits per heavy atom. The Kier molecular flexibility index (Phi) is 8.86. The molecule has 180 valence electrons. The zero-order valence-electron chi connectivity index (χ0n) is 19.1. The van der Waals surface area contributed by atoms with Crippen LogP contribution in [0.4, 0.5) is 10.5 Å². The first kappa shape index (κ1) is 24.9. The molecule has 3 rings (SSSR count). The molecule has 1 aromatic carbocycles. The molecule has 2 aliphatic heterocycles. The van der Waals surface area contributed by atoms with Gasteiger partial charge in [-0.15, -0.1) is 0 Å². The van der Waals surface area contributed by atoms with Crippen LogP contribution in [0.15, 0.2) is 18.2 Å². The molecule has 4 unspecified atom stereocenters. The van der Waals surface area contributed by atoms with Gasteiger partial charge in [0.15, 0.2) is 0 Å². The van der Waals surface area contributed by atoms with E-state index in [1.54, 1.807) is 0 Å². The summed E-state index contributed by atoms with van der Waals surface area (Å²) in [5, 5.41) is 19.2. The highest BCUT2D eigenvalue weighted by Gasteiger charge is 2.26. The Morgan fingerprint density at radius 2 is 2.00 bits per heavy atom. The molecule has 0 radical (unpaired) electrons. The standard InChI is InChI=1S/C21H37N7O3S/c1-4-5-17-11-15-6-7-18(12-16(15)13-23-17)26-21(29)28-20-25-14(2)10-19(27-20)22-8-9-24-32(3,30)31/h6-7,12,14,17,19-20,22-25,27H,4-5,8-11,13H2,1-3H3,(H2,26,28,29). The number of carbonyl (C=O) groups excluding carboxylic acids is 1. The zero-order chi connectivity index (χ0) is 23.1. The fraction of sp³-hybridized carbons (Fsp3) is 0.667.